The first kappa shape index (κ1) is 12.3. The standard InChI is InChI=1S/C14H22N2O/c1-3-10-16-11-9-15-13(16)12(17)14(4-2)7-5-6-8-14/h9,11H,3-8,10H2,1-2H3. The first-order chi connectivity index (χ1) is 8.23. The number of hydrogen-bond donors (Lipinski definition) is 0. The van der Waals surface area contributed by atoms with Gasteiger partial charge in [-0.1, -0.05) is 26.7 Å². The molecule has 1 heterocycles. The van der Waals surface area contributed by atoms with Crippen LogP contribution in [0.2, 0.25) is 0 Å². The molecule has 1 fully saturated rings. The fourth-order valence-corrected chi connectivity index (χ4v) is 2.97. The second kappa shape index (κ2) is 5.03. The lowest BCUT2D eigenvalue weighted by Gasteiger charge is -2.25. The molecule has 0 spiro atoms. The molecule has 94 valence electrons. The molecule has 1 saturated carbocycles. The van der Waals surface area contributed by atoms with Crippen LogP contribution in [0.15, 0.2) is 12.4 Å². The van der Waals surface area contributed by atoms with Crippen LogP contribution in [0.4, 0.5) is 0 Å². The molecule has 0 unspecified atom stereocenters. The van der Waals surface area contributed by atoms with Crippen molar-refractivity contribution in [3.05, 3.63) is 18.2 Å². The van der Waals surface area contributed by atoms with Crippen molar-refractivity contribution >= 4 is 5.78 Å². The number of nitrogens with zero attached hydrogens (tertiary/aromatic N) is 2. The van der Waals surface area contributed by atoms with Crippen molar-refractivity contribution < 1.29 is 4.79 Å². The zero-order chi connectivity index (χ0) is 12.3. The van der Waals surface area contributed by atoms with Gasteiger partial charge in [0.25, 0.3) is 0 Å². The van der Waals surface area contributed by atoms with E-state index in [0.29, 0.717) is 5.82 Å². The first-order valence-electron chi connectivity index (χ1n) is 6.79. The van der Waals surface area contributed by atoms with Crippen molar-refractivity contribution in [2.24, 2.45) is 5.41 Å². The van der Waals surface area contributed by atoms with E-state index in [0.717, 1.165) is 32.2 Å². The summed E-state index contributed by atoms with van der Waals surface area (Å²) in [5.41, 5.74) is -0.114. The number of imidazole rings is 1. The van der Waals surface area contributed by atoms with Crippen LogP contribution >= 0.6 is 0 Å². The highest BCUT2D eigenvalue weighted by Crippen LogP contribution is 2.43. The molecular formula is C14H22N2O. The lowest BCUT2D eigenvalue weighted by molar-refractivity contribution is 0.0774. The Morgan fingerprint density at radius 1 is 1.41 bits per heavy atom. The number of carbonyl (C=O) groups excluding carboxylic acids is 1. The smallest absolute Gasteiger partial charge is 0.204 e. The topological polar surface area (TPSA) is 34.9 Å². The van der Waals surface area contributed by atoms with Crippen molar-refractivity contribution in [1.29, 1.82) is 0 Å². The number of carbonyl (C=O) groups is 1. The maximum Gasteiger partial charge on any atom is 0.204 e. The maximum atomic E-state index is 12.7. The van der Waals surface area contributed by atoms with Gasteiger partial charge < -0.3 is 4.57 Å². The van der Waals surface area contributed by atoms with Crippen LogP contribution in [0.1, 0.15) is 63.0 Å². The van der Waals surface area contributed by atoms with Gasteiger partial charge in [0.05, 0.1) is 0 Å². The third-order valence-electron chi connectivity index (χ3n) is 4.10. The van der Waals surface area contributed by atoms with Crippen molar-refractivity contribution in [2.75, 3.05) is 0 Å². The molecule has 1 aliphatic carbocycles. The summed E-state index contributed by atoms with van der Waals surface area (Å²) in [6, 6.07) is 0. The highest BCUT2D eigenvalue weighted by molar-refractivity contribution is 5.97. The number of ketones is 1. The molecule has 17 heavy (non-hydrogen) atoms. The average molecular weight is 234 g/mol. The van der Waals surface area contributed by atoms with Crippen molar-refractivity contribution in [3.8, 4) is 0 Å². The second-order valence-electron chi connectivity index (χ2n) is 5.11. The van der Waals surface area contributed by atoms with Crippen molar-refractivity contribution in [3.63, 3.8) is 0 Å². The molecule has 3 nitrogen and oxygen atoms in total. The van der Waals surface area contributed by atoms with Gasteiger partial charge in [-0.3, -0.25) is 4.79 Å². The Bertz CT molecular complexity index is 389. The minimum Gasteiger partial charge on any atom is -0.329 e. The summed E-state index contributed by atoms with van der Waals surface area (Å²) in [6.07, 6.45) is 10.1. The zero-order valence-electron chi connectivity index (χ0n) is 10.9. The second-order valence-corrected chi connectivity index (χ2v) is 5.11. The quantitative estimate of drug-likeness (QED) is 0.731. The normalized spacial score (nSPS) is 18.5. The molecule has 0 N–H and O–H groups in total. The Labute approximate surface area is 103 Å². The van der Waals surface area contributed by atoms with Crippen molar-refractivity contribution in [2.45, 2.75) is 58.9 Å². The highest BCUT2D eigenvalue weighted by Gasteiger charge is 2.41. The molecule has 3 heteroatoms. The first-order valence-corrected chi connectivity index (χ1v) is 6.79. The number of hydrogen-bond acceptors (Lipinski definition) is 2. The summed E-state index contributed by atoms with van der Waals surface area (Å²) >= 11 is 0. The SMILES string of the molecule is CCCn1ccnc1C(=O)C1(CC)CCCC1. The number of aryl methyl sites for hydroxylation is 1. The van der Waals surface area contributed by atoms with Gasteiger partial charge in [0.1, 0.15) is 0 Å². The molecule has 1 aromatic heterocycles. The summed E-state index contributed by atoms with van der Waals surface area (Å²) in [7, 11) is 0. The third-order valence-corrected chi connectivity index (χ3v) is 4.10. The predicted octanol–water partition coefficient (Wildman–Crippen LogP) is 3.45. The number of aromatic nitrogens is 2. The molecule has 0 aliphatic heterocycles. The summed E-state index contributed by atoms with van der Waals surface area (Å²) in [6.45, 7) is 5.15. The Morgan fingerprint density at radius 2 is 2.12 bits per heavy atom. The molecule has 0 amide bonds. The van der Waals surface area contributed by atoms with Crippen LogP contribution in [0.5, 0.6) is 0 Å². The molecule has 0 radical (unpaired) electrons. The Balaban J connectivity index is 2.26. The summed E-state index contributed by atoms with van der Waals surface area (Å²) in [4.78, 5) is 17.0. The monoisotopic (exact) mass is 234 g/mol. The van der Waals surface area contributed by atoms with Crippen LogP contribution < -0.4 is 0 Å². The Kier molecular flexibility index (Phi) is 3.65. The van der Waals surface area contributed by atoms with Gasteiger partial charge in [-0.2, -0.15) is 0 Å². The van der Waals surface area contributed by atoms with E-state index in [9.17, 15) is 4.79 Å². The Morgan fingerprint density at radius 3 is 2.71 bits per heavy atom. The van der Waals surface area contributed by atoms with Gasteiger partial charge in [-0.15, -0.1) is 0 Å². The van der Waals surface area contributed by atoms with E-state index >= 15 is 0 Å². The fourth-order valence-electron chi connectivity index (χ4n) is 2.97. The van der Waals surface area contributed by atoms with Crippen LogP contribution in [0.25, 0.3) is 0 Å². The van der Waals surface area contributed by atoms with Gasteiger partial charge in [0, 0.05) is 24.4 Å². The minimum absolute atomic E-state index is 0.114. The molecule has 2 rings (SSSR count). The van der Waals surface area contributed by atoms with Gasteiger partial charge in [0.2, 0.25) is 5.78 Å². The summed E-state index contributed by atoms with van der Waals surface area (Å²) in [5, 5.41) is 0. The summed E-state index contributed by atoms with van der Waals surface area (Å²) < 4.78 is 2.01. The molecule has 0 saturated heterocycles. The van der Waals surface area contributed by atoms with Crippen LogP contribution in [-0.2, 0) is 6.54 Å². The average Bonchev–Trinajstić information content (AvgIpc) is 2.97. The van der Waals surface area contributed by atoms with Gasteiger partial charge in [-0.25, -0.2) is 4.98 Å². The molecule has 0 bridgehead atoms. The Hall–Kier alpha value is -1.12. The summed E-state index contributed by atoms with van der Waals surface area (Å²) in [5.74, 6) is 0.951. The largest absolute Gasteiger partial charge is 0.329 e. The van der Waals surface area contributed by atoms with Gasteiger partial charge in [-0.05, 0) is 25.7 Å². The van der Waals surface area contributed by atoms with E-state index < -0.39 is 0 Å². The molecule has 0 atom stereocenters. The van der Waals surface area contributed by atoms with Crippen molar-refractivity contribution in [1.82, 2.24) is 9.55 Å². The number of Topliss-reactive ketones (excluding diaryl/α,β-unsaturated/α-hetero) is 1. The van der Waals surface area contributed by atoms with E-state index in [-0.39, 0.29) is 11.2 Å². The zero-order valence-corrected chi connectivity index (χ0v) is 10.9. The fraction of sp³-hybridized carbons (Fsp3) is 0.714. The minimum atomic E-state index is -0.114. The molecular weight excluding hydrogens is 212 g/mol. The van der Waals surface area contributed by atoms with E-state index in [1.165, 1.54) is 12.8 Å². The van der Waals surface area contributed by atoms with E-state index in [1.54, 1.807) is 6.20 Å². The number of rotatable bonds is 5. The van der Waals surface area contributed by atoms with Gasteiger partial charge >= 0.3 is 0 Å². The lowest BCUT2D eigenvalue weighted by atomic mass is 9.79. The van der Waals surface area contributed by atoms with Crippen LogP contribution in [0.3, 0.4) is 0 Å². The van der Waals surface area contributed by atoms with Crippen LogP contribution in [-0.4, -0.2) is 15.3 Å². The van der Waals surface area contributed by atoms with Gasteiger partial charge in [0.15, 0.2) is 5.82 Å². The van der Waals surface area contributed by atoms with Crippen LogP contribution in [0, 0.1) is 5.41 Å². The van der Waals surface area contributed by atoms with E-state index in [1.807, 2.05) is 10.8 Å². The molecule has 0 aromatic carbocycles. The third kappa shape index (κ3) is 2.15. The van der Waals surface area contributed by atoms with E-state index in [4.69, 9.17) is 0 Å². The predicted molar refractivity (Wildman–Crippen MR) is 68.0 cm³/mol. The molecule has 1 aromatic rings. The lowest BCUT2D eigenvalue weighted by Crippen LogP contribution is -2.30. The maximum absolute atomic E-state index is 12.7. The van der Waals surface area contributed by atoms with E-state index in [2.05, 4.69) is 18.8 Å². The highest BCUT2D eigenvalue weighted by atomic mass is 16.1. The molecule has 1 aliphatic rings.